The first kappa shape index (κ1) is 13.3. The number of hydrogen-bond donors (Lipinski definition) is 0. The van der Waals surface area contributed by atoms with E-state index in [9.17, 15) is 31.1 Å². The van der Waals surface area contributed by atoms with Gasteiger partial charge in [-0.1, -0.05) is 0 Å². The summed E-state index contributed by atoms with van der Waals surface area (Å²) in [5, 5.41) is 0. The molecule has 0 saturated heterocycles. The first-order valence-corrected chi connectivity index (χ1v) is 3.94. The highest BCUT2D eigenvalue weighted by Gasteiger charge is 2.33. The Morgan fingerprint density at radius 2 is 1.94 bits per heavy atom. The fraction of sp³-hybridized carbons (Fsp3) is 0.250. The van der Waals surface area contributed by atoms with Gasteiger partial charge in [0.1, 0.15) is 0 Å². The molecule has 0 aliphatic rings. The number of aldehydes is 1. The third-order valence-electron chi connectivity index (χ3n) is 1.59. The highest BCUT2D eigenvalue weighted by atomic mass is 19.4. The van der Waals surface area contributed by atoms with Crippen LogP contribution in [0, 0.1) is 5.95 Å². The van der Waals surface area contributed by atoms with Crippen molar-refractivity contribution in [2.45, 2.75) is 12.8 Å². The molecular formula is C8H3F6NO2. The van der Waals surface area contributed by atoms with E-state index in [4.69, 9.17) is 0 Å². The standard InChI is InChI=1S/C8H3F6NO2/c9-6(10)3-1-5(17-8(12,13)14)15-7(11)4(3)2-16/h1-2,6H. The molecule has 0 spiro atoms. The molecule has 0 aliphatic heterocycles. The quantitative estimate of drug-likeness (QED) is 0.476. The van der Waals surface area contributed by atoms with Gasteiger partial charge in [0.15, 0.2) is 6.29 Å². The third-order valence-corrected chi connectivity index (χ3v) is 1.59. The van der Waals surface area contributed by atoms with Crippen LogP contribution in [-0.2, 0) is 0 Å². The molecule has 1 aromatic heterocycles. The second-order valence-corrected chi connectivity index (χ2v) is 2.72. The van der Waals surface area contributed by atoms with Gasteiger partial charge in [0.25, 0.3) is 6.43 Å². The van der Waals surface area contributed by atoms with E-state index >= 15 is 0 Å². The van der Waals surface area contributed by atoms with Gasteiger partial charge in [0, 0.05) is 11.6 Å². The van der Waals surface area contributed by atoms with Crippen molar-refractivity contribution >= 4 is 6.29 Å². The maximum absolute atomic E-state index is 12.9. The number of alkyl halides is 5. The van der Waals surface area contributed by atoms with E-state index in [2.05, 4.69) is 9.72 Å². The van der Waals surface area contributed by atoms with Gasteiger partial charge in [-0.25, -0.2) is 8.78 Å². The maximum Gasteiger partial charge on any atom is 0.574 e. The lowest BCUT2D eigenvalue weighted by Gasteiger charge is -2.10. The maximum atomic E-state index is 12.9. The van der Waals surface area contributed by atoms with Crippen LogP contribution >= 0.6 is 0 Å². The summed E-state index contributed by atoms with van der Waals surface area (Å²) in [5.41, 5.74) is -2.32. The summed E-state index contributed by atoms with van der Waals surface area (Å²) in [7, 11) is 0. The van der Waals surface area contributed by atoms with Gasteiger partial charge in [0.05, 0.1) is 5.56 Å². The van der Waals surface area contributed by atoms with Crippen LogP contribution in [0.4, 0.5) is 26.3 Å². The summed E-state index contributed by atoms with van der Waals surface area (Å²) >= 11 is 0. The van der Waals surface area contributed by atoms with E-state index in [1.165, 1.54) is 0 Å². The Kier molecular flexibility index (Phi) is 3.59. The topological polar surface area (TPSA) is 39.2 Å². The molecule has 0 radical (unpaired) electrons. The number of halogens is 6. The van der Waals surface area contributed by atoms with Crippen molar-refractivity contribution in [2.75, 3.05) is 0 Å². The van der Waals surface area contributed by atoms with Crippen molar-refractivity contribution in [3.8, 4) is 5.88 Å². The van der Waals surface area contributed by atoms with Crippen LogP contribution in [0.5, 0.6) is 5.88 Å². The monoisotopic (exact) mass is 259 g/mol. The first-order chi connectivity index (χ1) is 7.74. The second kappa shape index (κ2) is 4.60. The molecule has 0 saturated carbocycles. The zero-order valence-electron chi connectivity index (χ0n) is 7.76. The normalized spacial score (nSPS) is 11.7. The Balaban J connectivity index is 3.24. The van der Waals surface area contributed by atoms with E-state index in [1.54, 1.807) is 0 Å². The number of aromatic nitrogens is 1. The number of hydrogen-bond acceptors (Lipinski definition) is 3. The minimum atomic E-state index is -5.19. The van der Waals surface area contributed by atoms with Crippen LogP contribution in [0.1, 0.15) is 22.3 Å². The van der Waals surface area contributed by atoms with E-state index in [0.717, 1.165) is 0 Å². The Morgan fingerprint density at radius 3 is 2.35 bits per heavy atom. The number of carbonyl (C=O) groups is 1. The Bertz CT molecular complexity index is 431. The highest BCUT2D eigenvalue weighted by molar-refractivity contribution is 5.77. The van der Waals surface area contributed by atoms with E-state index < -0.39 is 35.7 Å². The van der Waals surface area contributed by atoms with Crippen LogP contribution in [-0.4, -0.2) is 17.6 Å². The Labute approximate surface area is 90.0 Å². The van der Waals surface area contributed by atoms with Gasteiger partial charge >= 0.3 is 6.36 Å². The molecule has 1 rings (SSSR count). The van der Waals surface area contributed by atoms with Gasteiger partial charge in [-0.3, -0.25) is 4.79 Å². The summed E-state index contributed by atoms with van der Waals surface area (Å²) in [4.78, 5) is 12.9. The molecule has 9 heteroatoms. The van der Waals surface area contributed by atoms with E-state index in [-0.39, 0.29) is 12.4 Å². The predicted octanol–water partition coefficient (Wildman–Crippen LogP) is 2.87. The molecule has 1 aromatic rings. The summed E-state index contributed by atoms with van der Waals surface area (Å²) in [6, 6.07) is 0.158. The number of pyridine rings is 1. The van der Waals surface area contributed by atoms with Crippen LogP contribution in [0.25, 0.3) is 0 Å². The van der Waals surface area contributed by atoms with E-state index in [0.29, 0.717) is 0 Å². The van der Waals surface area contributed by atoms with Crippen molar-refractivity contribution in [2.24, 2.45) is 0 Å². The molecule has 0 aromatic carbocycles. The van der Waals surface area contributed by atoms with Crippen LogP contribution < -0.4 is 4.74 Å². The van der Waals surface area contributed by atoms with Gasteiger partial charge in [-0.2, -0.15) is 9.37 Å². The molecule has 17 heavy (non-hydrogen) atoms. The first-order valence-electron chi connectivity index (χ1n) is 3.94. The molecule has 0 N–H and O–H groups in total. The SMILES string of the molecule is O=Cc1c(C(F)F)cc(OC(F)(F)F)nc1F. The van der Waals surface area contributed by atoms with Crippen molar-refractivity contribution < 1.29 is 35.9 Å². The van der Waals surface area contributed by atoms with Gasteiger partial charge < -0.3 is 4.74 Å². The van der Waals surface area contributed by atoms with Crippen LogP contribution in [0.2, 0.25) is 0 Å². The largest absolute Gasteiger partial charge is 0.574 e. The summed E-state index contributed by atoms with van der Waals surface area (Å²) in [5.74, 6) is -3.15. The average Bonchev–Trinajstić information content (AvgIpc) is 2.13. The molecule has 0 bridgehead atoms. The molecule has 0 amide bonds. The number of rotatable bonds is 3. The molecule has 94 valence electrons. The van der Waals surface area contributed by atoms with Crippen molar-refractivity contribution in [1.29, 1.82) is 0 Å². The van der Waals surface area contributed by atoms with Gasteiger partial charge in [0.2, 0.25) is 11.8 Å². The molecule has 0 atom stereocenters. The van der Waals surface area contributed by atoms with Gasteiger partial charge in [-0.05, 0) is 0 Å². The predicted molar refractivity (Wildman–Crippen MR) is 41.2 cm³/mol. The molecule has 0 fully saturated rings. The highest BCUT2D eigenvalue weighted by Crippen LogP contribution is 2.29. The fourth-order valence-electron chi connectivity index (χ4n) is 0.987. The third kappa shape index (κ3) is 3.33. The lowest BCUT2D eigenvalue weighted by atomic mass is 10.1. The molecular weight excluding hydrogens is 256 g/mol. The van der Waals surface area contributed by atoms with Crippen molar-refractivity contribution in [1.82, 2.24) is 4.98 Å². The molecule has 3 nitrogen and oxygen atoms in total. The summed E-state index contributed by atoms with van der Waals surface area (Å²) < 4.78 is 76.0. The summed E-state index contributed by atoms with van der Waals surface area (Å²) in [6.45, 7) is 0. The zero-order chi connectivity index (χ0) is 13.2. The van der Waals surface area contributed by atoms with Crippen LogP contribution in [0.15, 0.2) is 6.07 Å². The molecule has 0 aliphatic carbocycles. The Hall–Kier alpha value is -1.80. The minimum absolute atomic E-state index is 0.158. The lowest BCUT2D eigenvalue weighted by Crippen LogP contribution is -2.19. The molecule has 0 unspecified atom stereocenters. The van der Waals surface area contributed by atoms with Crippen molar-refractivity contribution in [3.63, 3.8) is 0 Å². The van der Waals surface area contributed by atoms with E-state index in [1.807, 2.05) is 0 Å². The number of nitrogens with zero attached hydrogens (tertiary/aromatic N) is 1. The lowest BCUT2D eigenvalue weighted by molar-refractivity contribution is -0.276. The minimum Gasteiger partial charge on any atom is -0.388 e. The second-order valence-electron chi connectivity index (χ2n) is 2.72. The van der Waals surface area contributed by atoms with Gasteiger partial charge in [-0.15, -0.1) is 13.2 Å². The number of carbonyl (C=O) groups excluding carboxylic acids is 1. The Morgan fingerprint density at radius 1 is 1.35 bits per heavy atom. The smallest absolute Gasteiger partial charge is 0.388 e. The summed E-state index contributed by atoms with van der Waals surface area (Å²) in [6.07, 6.45) is -8.79. The fourth-order valence-corrected chi connectivity index (χ4v) is 0.987. The number of ether oxygens (including phenoxy) is 1. The molecule has 1 heterocycles. The zero-order valence-corrected chi connectivity index (χ0v) is 7.76. The van der Waals surface area contributed by atoms with Crippen LogP contribution in [0.3, 0.4) is 0 Å². The van der Waals surface area contributed by atoms with Crippen molar-refractivity contribution in [3.05, 3.63) is 23.1 Å². The average molecular weight is 259 g/mol.